The Labute approximate surface area is 147 Å². The van der Waals surface area contributed by atoms with E-state index in [1.807, 2.05) is 20.8 Å². The van der Waals surface area contributed by atoms with Crippen LogP contribution in [0.4, 0.5) is 0 Å². The van der Waals surface area contributed by atoms with Crippen molar-refractivity contribution in [2.24, 2.45) is 11.1 Å². The molecule has 3 atom stereocenters. The highest BCUT2D eigenvalue weighted by molar-refractivity contribution is 5.90. The molecular formula is C18H26N2O5. The number of amides is 1. The third kappa shape index (κ3) is 6.54. The van der Waals surface area contributed by atoms with Crippen LogP contribution in [0.2, 0.25) is 0 Å². The van der Waals surface area contributed by atoms with Crippen molar-refractivity contribution in [2.75, 3.05) is 0 Å². The summed E-state index contributed by atoms with van der Waals surface area (Å²) in [6.45, 7) is 7.58. The highest BCUT2D eigenvalue weighted by Crippen LogP contribution is 2.24. The zero-order valence-corrected chi connectivity index (χ0v) is 15.0. The third-order valence-corrected chi connectivity index (χ3v) is 3.90. The number of benzene rings is 1. The second-order valence-corrected chi connectivity index (χ2v) is 7.00. The van der Waals surface area contributed by atoms with Crippen molar-refractivity contribution in [1.29, 1.82) is 0 Å². The van der Waals surface area contributed by atoms with Crippen molar-refractivity contribution in [2.45, 2.75) is 52.3 Å². The maximum absolute atomic E-state index is 12.6. The standard InChI is InChI=1S/C18H26N2O5/c1-11(18(2,3)4)25-17(24)15(12-8-6-5-7-9-12)20-16(23)13(19)10-14(21)22/h5-9,11,13,15H,10,19H2,1-4H3,(H,20,23)(H,21,22)/t11?,13-,15+/m0/s1. The molecule has 0 heterocycles. The molecule has 0 aliphatic heterocycles. The van der Waals surface area contributed by atoms with E-state index in [-0.39, 0.29) is 11.5 Å². The molecule has 1 aromatic carbocycles. The zero-order valence-electron chi connectivity index (χ0n) is 15.0. The van der Waals surface area contributed by atoms with Crippen LogP contribution >= 0.6 is 0 Å². The molecule has 0 aliphatic rings. The number of esters is 1. The first-order valence-electron chi connectivity index (χ1n) is 8.05. The van der Waals surface area contributed by atoms with Gasteiger partial charge >= 0.3 is 11.9 Å². The van der Waals surface area contributed by atoms with Crippen LogP contribution in [-0.4, -0.2) is 35.1 Å². The molecule has 0 saturated heterocycles. The summed E-state index contributed by atoms with van der Waals surface area (Å²) in [7, 11) is 0. The molecular weight excluding hydrogens is 324 g/mol. The number of hydrogen-bond acceptors (Lipinski definition) is 5. The minimum Gasteiger partial charge on any atom is -0.481 e. The molecule has 0 fully saturated rings. The number of ether oxygens (including phenoxy) is 1. The lowest BCUT2D eigenvalue weighted by molar-refractivity contribution is -0.157. The Morgan fingerprint density at radius 2 is 1.76 bits per heavy atom. The van der Waals surface area contributed by atoms with E-state index >= 15 is 0 Å². The van der Waals surface area contributed by atoms with Gasteiger partial charge in [0.05, 0.1) is 12.5 Å². The van der Waals surface area contributed by atoms with Crippen molar-refractivity contribution in [1.82, 2.24) is 5.32 Å². The number of carboxylic acid groups (broad SMARTS) is 1. The van der Waals surface area contributed by atoms with Crippen molar-refractivity contribution < 1.29 is 24.2 Å². The monoisotopic (exact) mass is 350 g/mol. The SMILES string of the molecule is CC(OC(=O)[C@H](NC(=O)[C@@H](N)CC(=O)O)c1ccccc1)C(C)(C)C. The molecule has 1 aromatic rings. The zero-order chi connectivity index (χ0) is 19.2. The molecule has 4 N–H and O–H groups in total. The maximum atomic E-state index is 12.6. The predicted octanol–water partition coefficient (Wildman–Crippen LogP) is 1.62. The van der Waals surface area contributed by atoms with Gasteiger partial charge in [-0.2, -0.15) is 0 Å². The van der Waals surface area contributed by atoms with Crippen LogP contribution in [0, 0.1) is 5.41 Å². The van der Waals surface area contributed by atoms with Crippen LogP contribution in [0.25, 0.3) is 0 Å². The van der Waals surface area contributed by atoms with Gasteiger partial charge in [0, 0.05) is 0 Å². The molecule has 1 unspecified atom stereocenters. The fourth-order valence-corrected chi connectivity index (χ4v) is 1.87. The number of rotatable bonds is 7. The van der Waals surface area contributed by atoms with Crippen LogP contribution in [0.3, 0.4) is 0 Å². The van der Waals surface area contributed by atoms with Crippen LogP contribution < -0.4 is 11.1 Å². The molecule has 0 saturated carbocycles. The third-order valence-electron chi connectivity index (χ3n) is 3.90. The number of hydrogen-bond donors (Lipinski definition) is 3. The molecule has 0 radical (unpaired) electrons. The number of carboxylic acids is 1. The minimum atomic E-state index is -1.25. The first kappa shape index (κ1) is 20.6. The van der Waals surface area contributed by atoms with E-state index in [1.54, 1.807) is 37.3 Å². The van der Waals surface area contributed by atoms with Gasteiger partial charge in [0.15, 0.2) is 6.04 Å². The van der Waals surface area contributed by atoms with E-state index in [1.165, 1.54) is 0 Å². The molecule has 1 amide bonds. The van der Waals surface area contributed by atoms with Gasteiger partial charge in [-0.1, -0.05) is 51.1 Å². The minimum absolute atomic E-state index is 0.263. The molecule has 0 spiro atoms. The lowest BCUT2D eigenvalue weighted by Crippen LogP contribution is -2.46. The topological polar surface area (TPSA) is 119 Å². The van der Waals surface area contributed by atoms with Crippen LogP contribution in [0.1, 0.15) is 45.7 Å². The number of nitrogens with one attached hydrogen (secondary N) is 1. The highest BCUT2D eigenvalue weighted by Gasteiger charge is 2.31. The van der Waals surface area contributed by atoms with Crippen LogP contribution in [-0.2, 0) is 19.1 Å². The first-order valence-corrected chi connectivity index (χ1v) is 8.05. The van der Waals surface area contributed by atoms with Gasteiger partial charge in [0.25, 0.3) is 0 Å². The first-order chi connectivity index (χ1) is 11.5. The summed E-state index contributed by atoms with van der Waals surface area (Å²) >= 11 is 0. The largest absolute Gasteiger partial charge is 0.481 e. The summed E-state index contributed by atoms with van der Waals surface area (Å²) in [4.78, 5) is 35.4. The fourth-order valence-electron chi connectivity index (χ4n) is 1.87. The normalized spacial score (nSPS) is 14.9. The summed E-state index contributed by atoms with van der Waals surface area (Å²) in [5.41, 5.74) is 5.84. The quantitative estimate of drug-likeness (QED) is 0.643. The Kier molecular flexibility index (Phi) is 7.11. The average Bonchev–Trinajstić information content (AvgIpc) is 2.51. The molecule has 138 valence electrons. The second-order valence-electron chi connectivity index (χ2n) is 7.00. The number of aliphatic carboxylic acids is 1. The predicted molar refractivity (Wildman–Crippen MR) is 92.6 cm³/mol. The lowest BCUT2D eigenvalue weighted by atomic mass is 9.90. The van der Waals surface area contributed by atoms with Gasteiger partial charge in [-0.3, -0.25) is 9.59 Å². The Bertz CT molecular complexity index is 610. The molecule has 0 aromatic heterocycles. The fraction of sp³-hybridized carbons (Fsp3) is 0.500. The van der Waals surface area contributed by atoms with E-state index in [9.17, 15) is 14.4 Å². The van der Waals surface area contributed by atoms with Gasteiger partial charge in [0.1, 0.15) is 6.10 Å². The number of nitrogens with two attached hydrogens (primary N) is 1. The molecule has 1 rings (SSSR count). The molecule has 7 heteroatoms. The highest BCUT2D eigenvalue weighted by atomic mass is 16.5. The molecule has 0 bridgehead atoms. The van der Waals surface area contributed by atoms with Crippen molar-refractivity contribution in [3.63, 3.8) is 0 Å². The molecule has 7 nitrogen and oxygen atoms in total. The van der Waals surface area contributed by atoms with E-state index in [4.69, 9.17) is 15.6 Å². The Morgan fingerprint density at radius 3 is 2.24 bits per heavy atom. The summed E-state index contributed by atoms with van der Waals surface area (Å²) < 4.78 is 5.48. The van der Waals surface area contributed by atoms with E-state index < -0.39 is 36.4 Å². The van der Waals surface area contributed by atoms with Crippen LogP contribution in [0.15, 0.2) is 30.3 Å². The summed E-state index contributed by atoms with van der Waals surface area (Å²) in [5, 5.41) is 11.2. The number of carbonyl (C=O) groups excluding carboxylic acids is 2. The van der Waals surface area contributed by atoms with Gasteiger partial charge in [-0.25, -0.2) is 4.79 Å². The van der Waals surface area contributed by atoms with Crippen molar-refractivity contribution in [3.05, 3.63) is 35.9 Å². The van der Waals surface area contributed by atoms with Crippen molar-refractivity contribution >= 4 is 17.8 Å². The molecule has 25 heavy (non-hydrogen) atoms. The van der Waals surface area contributed by atoms with Gasteiger partial charge in [-0.05, 0) is 17.9 Å². The van der Waals surface area contributed by atoms with E-state index in [0.717, 1.165) is 0 Å². The summed E-state index contributed by atoms with van der Waals surface area (Å²) in [5.74, 6) is -2.54. The average molecular weight is 350 g/mol. The van der Waals surface area contributed by atoms with E-state index in [2.05, 4.69) is 5.32 Å². The summed E-state index contributed by atoms with van der Waals surface area (Å²) in [6, 6.07) is 6.28. The van der Waals surface area contributed by atoms with Crippen LogP contribution in [0.5, 0.6) is 0 Å². The number of carbonyl (C=O) groups is 3. The van der Waals surface area contributed by atoms with Gasteiger partial charge in [-0.15, -0.1) is 0 Å². The maximum Gasteiger partial charge on any atom is 0.333 e. The Morgan fingerprint density at radius 1 is 1.20 bits per heavy atom. The van der Waals surface area contributed by atoms with E-state index in [0.29, 0.717) is 5.56 Å². The molecule has 0 aliphatic carbocycles. The van der Waals surface area contributed by atoms with Gasteiger partial charge in [0.2, 0.25) is 5.91 Å². The summed E-state index contributed by atoms with van der Waals surface area (Å²) in [6.07, 6.45) is -0.906. The lowest BCUT2D eigenvalue weighted by Gasteiger charge is -2.29. The second kappa shape index (κ2) is 8.62. The smallest absolute Gasteiger partial charge is 0.333 e. The van der Waals surface area contributed by atoms with Gasteiger partial charge < -0.3 is 20.9 Å². The Balaban J connectivity index is 2.96. The Hall–Kier alpha value is -2.41. The van der Waals surface area contributed by atoms with Crippen molar-refractivity contribution in [3.8, 4) is 0 Å².